The topological polar surface area (TPSA) is 133 Å². The standard InChI is InChI=1S/C11H18N4O5/c1-7(15-4-9(17)13-10(18)5-15)2-14(3-8(12)16)6-11(19)20/h7H,2-6H2,1H3,(H2,12,16)(H,19,20)(H,13,17,18). The number of nitrogens with two attached hydrogens (primary N) is 1. The lowest BCUT2D eigenvalue weighted by atomic mass is 10.2. The molecule has 4 N–H and O–H groups in total. The molecule has 1 unspecified atom stereocenters. The molecule has 0 bridgehead atoms. The second-order valence-corrected chi connectivity index (χ2v) is 4.76. The Labute approximate surface area is 115 Å². The molecule has 3 amide bonds. The van der Waals surface area contributed by atoms with E-state index in [9.17, 15) is 19.2 Å². The van der Waals surface area contributed by atoms with E-state index in [1.165, 1.54) is 4.90 Å². The molecule has 0 radical (unpaired) electrons. The van der Waals surface area contributed by atoms with Crippen molar-refractivity contribution in [3.8, 4) is 0 Å². The zero-order chi connectivity index (χ0) is 15.3. The number of rotatable bonds is 7. The molecule has 1 aliphatic heterocycles. The van der Waals surface area contributed by atoms with E-state index in [0.717, 1.165) is 0 Å². The molecule has 1 aliphatic rings. The van der Waals surface area contributed by atoms with Gasteiger partial charge in [0, 0.05) is 12.6 Å². The van der Waals surface area contributed by atoms with Gasteiger partial charge in [-0.05, 0) is 6.92 Å². The molecule has 0 saturated carbocycles. The second-order valence-electron chi connectivity index (χ2n) is 4.76. The maximum absolute atomic E-state index is 11.3. The van der Waals surface area contributed by atoms with Crippen molar-refractivity contribution in [2.75, 3.05) is 32.7 Å². The molecule has 0 aromatic carbocycles. The number of nitrogens with one attached hydrogen (secondary N) is 1. The van der Waals surface area contributed by atoms with Crippen LogP contribution in [-0.4, -0.2) is 77.4 Å². The van der Waals surface area contributed by atoms with Gasteiger partial charge in [0.05, 0.1) is 26.2 Å². The van der Waals surface area contributed by atoms with Crippen LogP contribution in [0, 0.1) is 0 Å². The number of carboxylic acid groups (broad SMARTS) is 1. The summed E-state index contributed by atoms with van der Waals surface area (Å²) in [4.78, 5) is 47.2. The second kappa shape index (κ2) is 6.96. The van der Waals surface area contributed by atoms with Gasteiger partial charge in [0.1, 0.15) is 0 Å². The fourth-order valence-corrected chi connectivity index (χ4v) is 2.06. The van der Waals surface area contributed by atoms with E-state index >= 15 is 0 Å². The summed E-state index contributed by atoms with van der Waals surface area (Å²) >= 11 is 0. The highest BCUT2D eigenvalue weighted by molar-refractivity contribution is 5.99. The number of piperazine rings is 1. The van der Waals surface area contributed by atoms with Crippen LogP contribution < -0.4 is 11.1 Å². The molecule has 1 atom stereocenters. The third-order valence-electron chi connectivity index (χ3n) is 2.86. The van der Waals surface area contributed by atoms with Gasteiger partial charge in [-0.25, -0.2) is 0 Å². The molecular formula is C11H18N4O5. The Morgan fingerprint density at radius 1 is 1.35 bits per heavy atom. The lowest BCUT2D eigenvalue weighted by molar-refractivity contribution is -0.141. The van der Waals surface area contributed by atoms with E-state index in [0.29, 0.717) is 0 Å². The van der Waals surface area contributed by atoms with Gasteiger partial charge in [0.2, 0.25) is 17.7 Å². The zero-order valence-corrected chi connectivity index (χ0v) is 11.2. The minimum atomic E-state index is -1.08. The molecule has 112 valence electrons. The summed E-state index contributed by atoms with van der Waals surface area (Å²) in [6.45, 7) is 1.57. The third kappa shape index (κ3) is 5.33. The maximum atomic E-state index is 11.3. The Morgan fingerprint density at radius 3 is 2.35 bits per heavy atom. The van der Waals surface area contributed by atoms with E-state index in [2.05, 4.69) is 5.32 Å². The Bertz CT molecular complexity index is 393. The monoisotopic (exact) mass is 286 g/mol. The molecule has 9 heteroatoms. The Hall–Kier alpha value is -2.00. The molecule has 1 fully saturated rings. The number of hydrogen-bond acceptors (Lipinski definition) is 6. The highest BCUT2D eigenvalue weighted by atomic mass is 16.4. The van der Waals surface area contributed by atoms with Crippen molar-refractivity contribution in [2.45, 2.75) is 13.0 Å². The zero-order valence-electron chi connectivity index (χ0n) is 11.2. The number of carbonyl (C=O) groups excluding carboxylic acids is 3. The highest BCUT2D eigenvalue weighted by Gasteiger charge is 2.27. The maximum Gasteiger partial charge on any atom is 0.317 e. The van der Waals surface area contributed by atoms with Crippen molar-refractivity contribution in [3.05, 3.63) is 0 Å². The minimum Gasteiger partial charge on any atom is -0.480 e. The fraction of sp³-hybridized carbons (Fsp3) is 0.636. The van der Waals surface area contributed by atoms with Crippen molar-refractivity contribution < 1.29 is 24.3 Å². The number of primary amides is 1. The first-order valence-corrected chi connectivity index (χ1v) is 6.07. The largest absolute Gasteiger partial charge is 0.480 e. The average molecular weight is 286 g/mol. The predicted molar refractivity (Wildman–Crippen MR) is 67.5 cm³/mol. The summed E-state index contributed by atoms with van der Waals surface area (Å²) in [6, 6.07) is -0.260. The van der Waals surface area contributed by atoms with Crippen LogP contribution in [0.15, 0.2) is 0 Å². The van der Waals surface area contributed by atoms with Gasteiger partial charge in [-0.2, -0.15) is 0 Å². The van der Waals surface area contributed by atoms with Crippen molar-refractivity contribution in [3.63, 3.8) is 0 Å². The lowest BCUT2D eigenvalue weighted by Gasteiger charge is -2.33. The molecule has 1 heterocycles. The van der Waals surface area contributed by atoms with Gasteiger partial charge in [0.25, 0.3) is 0 Å². The van der Waals surface area contributed by atoms with E-state index in [1.54, 1.807) is 11.8 Å². The van der Waals surface area contributed by atoms with E-state index in [-0.39, 0.29) is 38.8 Å². The third-order valence-corrected chi connectivity index (χ3v) is 2.86. The van der Waals surface area contributed by atoms with Crippen molar-refractivity contribution in [1.82, 2.24) is 15.1 Å². The summed E-state index contributed by atoms with van der Waals surface area (Å²) < 4.78 is 0. The van der Waals surface area contributed by atoms with Crippen LogP contribution in [0.3, 0.4) is 0 Å². The Morgan fingerprint density at radius 2 is 1.90 bits per heavy atom. The number of amides is 3. The van der Waals surface area contributed by atoms with E-state index < -0.39 is 23.7 Å². The summed E-state index contributed by atoms with van der Waals surface area (Å²) in [7, 11) is 0. The van der Waals surface area contributed by atoms with Crippen molar-refractivity contribution >= 4 is 23.7 Å². The number of nitrogens with zero attached hydrogens (tertiary/aromatic N) is 2. The fourth-order valence-electron chi connectivity index (χ4n) is 2.06. The quantitative estimate of drug-likeness (QED) is 0.431. The van der Waals surface area contributed by atoms with E-state index in [4.69, 9.17) is 10.8 Å². The number of imide groups is 1. The summed E-state index contributed by atoms with van der Waals surface area (Å²) in [5.41, 5.74) is 5.06. The van der Waals surface area contributed by atoms with Gasteiger partial charge >= 0.3 is 5.97 Å². The van der Waals surface area contributed by atoms with Crippen LogP contribution in [0.1, 0.15) is 6.92 Å². The van der Waals surface area contributed by atoms with Gasteiger partial charge in [0.15, 0.2) is 0 Å². The first-order chi connectivity index (χ1) is 9.27. The SMILES string of the molecule is CC(CN(CC(N)=O)CC(=O)O)N1CC(=O)NC(=O)C1. The number of carboxylic acids is 1. The average Bonchev–Trinajstić information content (AvgIpc) is 2.25. The smallest absolute Gasteiger partial charge is 0.317 e. The van der Waals surface area contributed by atoms with Gasteiger partial charge < -0.3 is 10.8 Å². The predicted octanol–water partition coefficient (Wildman–Crippen LogP) is -2.79. The first-order valence-electron chi connectivity index (χ1n) is 6.07. The summed E-state index contributed by atoms with van der Waals surface area (Å²) in [5, 5.41) is 11.0. The summed E-state index contributed by atoms with van der Waals surface area (Å²) in [6.07, 6.45) is 0. The van der Waals surface area contributed by atoms with Crippen LogP contribution in [0.5, 0.6) is 0 Å². The lowest BCUT2D eigenvalue weighted by Crippen LogP contribution is -2.56. The molecule has 9 nitrogen and oxygen atoms in total. The Balaban J connectivity index is 2.61. The molecule has 0 aromatic rings. The Kier molecular flexibility index (Phi) is 5.59. The van der Waals surface area contributed by atoms with Crippen LogP contribution in [0.2, 0.25) is 0 Å². The number of aliphatic carboxylic acids is 1. The van der Waals surface area contributed by atoms with Crippen LogP contribution in [0.25, 0.3) is 0 Å². The van der Waals surface area contributed by atoms with Crippen LogP contribution in [0.4, 0.5) is 0 Å². The number of carbonyl (C=O) groups is 4. The van der Waals surface area contributed by atoms with Crippen LogP contribution >= 0.6 is 0 Å². The molecular weight excluding hydrogens is 268 g/mol. The molecule has 0 spiro atoms. The van der Waals surface area contributed by atoms with Crippen LogP contribution in [-0.2, 0) is 19.2 Å². The normalized spacial score (nSPS) is 17.9. The van der Waals surface area contributed by atoms with Gasteiger partial charge in [-0.3, -0.25) is 34.3 Å². The van der Waals surface area contributed by atoms with E-state index in [1.807, 2.05) is 0 Å². The van der Waals surface area contributed by atoms with Crippen molar-refractivity contribution in [1.29, 1.82) is 0 Å². The molecule has 1 rings (SSSR count). The molecule has 0 aromatic heterocycles. The minimum absolute atomic E-state index is 0.0599. The molecule has 20 heavy (non-hydrogen) atoms. The summed E-state index contributed by atoms with van der Waals surface area (Å²) in [5.74, 6) is -2.50. The molecule has 0 aliphatic carbocycles. The first kappa shape index (κ1) is 16.1. The highest BCUT2D eigenvalue weighted by Crippen LogP contribution is 2.05. The van der Waals surface area contributed by atoms with Gasteiger partial charge in [-0.15, -0.1) is 0 Å². The van der Waals surface area contributed by atoms with Crippen molar-refractivity contribution in [2.24, 2.45) is 5.73 Å². The number of hydrogen-bond donors (Lipinski definition) is 3. The van der Waals surface area contributed by atoms with Gasteiger partial charge in [-0.1, -0.05) is 0 Å². The molecule has 1 saturated heterocycles.